The number of aromatic nitrogens is 4. The van der Waals surface area contributed by atoms with Crippen molar-refractivity contribution in [2.45, 2.75) is 44.2 Å². The third kappa shape index (κ3) is 2.17. The van der Waals surface area contributed by atoms with Gasteiger partial charge in [0.05, 0.1) is 19.5 Å². The number of imidazole rings is 1. The molecule has 134 valence electrons. The second kappa shape index (κ2) is 5.28. The number of aliphatic hydroxyl groups is 2. The summed E-state index contributed by atoms with van der Waals surface area (Å²) in [7, 11) is 0. The Bertz CT molecular complexity index is 813. The molecule has 5 N–H and O–H groups in total. The van der Waals surface area contributed by atoms with Crippen LogP contribution >= 0.6 is 0 Å². The van der Waals surface area contributed by atoms with Crippen LogP contribution < -0.4 is 11.1 Å². The minimum Gasteiger partial charge on any atom is -0.396 e. The lowest BCUT2D eigenvalue weighted by Gasteiger charge is -2.34. The molecule has 0 saturated heterocycles. The van der Waals surface area contributed by atoms with Crippen LogP contribution in [0.25, 0.3) is 11.2 Å². The number of nitrogen functional groups attached to an aromatic ring is 1. The van der Waals surface area contributed by atoms with Crippen LogP contribution in [0.4, 0.5) is 11.8 Å². The number of anilines is 2. The molecule has 3 saturated carbocycles. The van der Waals surface area contributed by atoms with E-state index in [1.54, 1.807) is 0 Å². The lowest BCUT2D eigenvalue weighted by atomic mass is 9.74. The summed E-state index contributed by atoms with van der Waals surface area (Å²) in [6.45, 7) is 0.0544. The first-order chi connectivity index (χ1) is 12.1. The van der Waals surface area contributed by atoms with Gasteiger partial charge >= 0.3 is 0 Å². The Morgan fingerprint density at radius 2 is 2.00 bits per heavy atom. The molecular weight excluding hydrogens is 320 g/mol. The Labute approximate surface area is 145 Å². The van der Waals surface area contributed by atoms with E-state index in [1.807, 2.05) is 6.33 Å². The van der Waals surface area contributed by atoms with Crippen molar-refractivity contribution < 1.29 is 10.2 Å². The summed E-state index contributed by atoms with van der Waals surface area (Å²) in [5.41, 5.74) is 7.07. The van der Waals surface area contributed by atoms with Crippen molar-refractivity contribution >= 4 is 22.9 Å². The molecule has 3 atom stereocenters. The van der Waals surface area contributed by atoms with E-state index in [-0.39, 0.29) is 31.1 Å². The fraction of sp³-hybridized carbons (Fsp3) is 0.706. The number of nitrogens with two attached hydrogens (primary N) is 1. The maximum Gasteiger partial charge on any atom is 0.224 e. The van der Waals surface area contributed by atoms with Gasteiger partial charge in [0, 0.05) is 17.5 Å². The van der Waals surface area contributed by atoms with Gasteiger partial charge in [0.2, 0.25) is 5.95 Å². The minimum atomic E-state index is -0.391. The molecular formula is C17H24N6O2. The summed E-state index contributed by atoms with van der Waals surface area (Å²) >= 11 is 0. The smallest absolute Gasteiger partial charge is 0.224 e. The molecule has 25 heavy (non-hydrogen) atoms. The first-order valence-corrected chi connectivity index (χ1v) is 9.13. The van der Waals surface area contributed by atoms with Gasteiger partial charge in [-0.05, 0) is 43.9 Å². The predicted molar refractivity (Wildman–Crippen MR) is 92.9 cm³/mol. The fourth-order valence-corrected chi connectivity index (χ4v) is 5.14. The molecule has 0 radical (unpaired) electrons. The average Bonchev–Trinajstić information content (AvgIpc) is 3.07. The Hall–Kier alpha value is -1.93. The highest BCUT2D eigenvalue weighted by Gasteiger charge is 2.57. The van der Waals surface area contributed by atoms with Gasteiger partial charge in [-0.25, -0.2) is 4.98 Å². The highest BCUT2D eigenvalue weighted by atomic mass is 16.3. The van der Waals surface area contributed by atoms with Crippen LogP contribution in [0.1, 0.15) is 38.1 Å². The van der Waals surface area contributed by atoms with Gasteiger partial charge in [-0.15, -0.1) is 0 Å². The maximum absolute atomic E-state index is 9.92. The lowest BCUT2D eigenvalue weighted by molar-refractivity contribution is 0.00468. The number of hydrogen-bond acceptors (Lipinski definition) is 7. The van der Waals surface area contributed by atoms with Crippen molar-refractivity contribution in [2.75, 3.05) is 24.3 Å². The molecule has 3 aliphatic carbocycles. The lowest BCUT2D eigenvalue weighted by Crippen LogP contribution is -2.36. The quantitative estimate of drug-likeness (QED) is 0.636. The van der Waals surface area contributed by atoms with Crippen LogP contribution in [0.3, 0.4) is 0 Å². The van der Waals surface area contributed by atoms with E-state index in [1.165, 1.54) is 0 Å². The van der Waals surface area contributed by atoms with Gasteiger partial charge < -0.3 is 25.8 Å². The van der Waals surface area contributed by atoms with Gasteiger partial charge in [0.1, 0.15) is 0 Å². The highest BCUT2D eigenvalue weighted by molar-refractivity contribution is 5.84. The van der Waals surface area contributed by atoms with Gasteiger partial charge in [-0.3, -0.25) is 0 Å². The standard InChI is InChI=1S/C17H24N6O2/c18-16-21-14(20-10-2-3-10)12-15(22-16)23(8-19-12)13-9-1-4-11(13)17(5-9,6-24)7-25/h8-11,13,24-25H,1-7H2,(H3,18,20,21,22)/t9-,11-,13+/m0/s1. The zero-order chi connectivity index (χ0) is 17.2. The number of rotatable bonds is 5. The van der Waals surface area contributed by atoms with Crippen LogP contribution in [-0.2, 0) is 0 Å². The number of hydrogen-bond donors (Lipinski definition) is 4. The summed E-state index contributed by atoms with van der Waals surface area (Å²) < 4.78 is 2.11. The summed E-state index contributed by atoms with van der Waals surface area (Å²) in [4.78, 5) is 13.4. The van der Waals surface area contributed by atoms with Gasteiger partial charge in [-0.1, -0.05) is 0 Å². The third-order valence-electron chi connectivity index (χ3n) is 6.51. The van der Waals surface area contributed by atoms with E-state index >= 15 is 0 Å². The van der Waals surface area contributed by atoms with E-state index in [9.17, 15) is 10.2 Å². The van der Waals surface area contributed by atoms with Gasteiger partial charge in [-0.2, -0.15) is 9.97 Å². The summed E-state index contributed by atoms with van der Waals surface area (Å²) in [5, 5.41) is 23.2. The van der Waals surface area contributed by atoms with Crippen molar-refractivity contribution in [3.63, 3.8) is 0 Å². The van der Waals surface area contributed by atoms with Crippen molar-refractivity contribution in [3.8, 4) is 0 Å². The Morgan fingerprint density at radius 1 is 1.20 bits per heavy atom. The Morgan fingerprint density at radius 3 is 2.68 bits per heavy atom. The molecule has 0 aliphatic heterocycles. The normalized spacial score (nSPS) is 30.2. The maximum atomic E-state index is 9.92. The molecule has 0 spiro atoms. The van der Waals surface area contributed by atoms with Gasteiger partial charge in [0.15, 0.2) is 17.0 Å². The molecule has 0 aromatic carbocycles. The fourth-order valence-electron chi connectivity index (χ4n) is 5.14. The van der Waals surface area contributed by atoms with Crippen molar-refractivity contribution in [2.24, 2.45) is 17.3 Å². The Balaban J connectivity index is 1.58. The van der Waals surface area contributed by atoms with E-state index in [4.69, 9.17) is 5.73 Å². The number of fused-ring (bicyclic) bond motifs is 3. The van der Waals surface area contributed by atoms with Gasteiger partial charge in [0.25, 0.3) is 0 Å². The summed E-state index contributed by atoms with van der Waals surface area (Å²) in [5.74, 6) is 1.63. The van der Waals surface area contributed by atoms with Crippen LogP contribution in [0.5, 0.6) is 0 Å². The van der Waals surface area contributed by atoms with Crippen LogP contribution in [0.2, 0.25) is 0 Å². The number of aliphatic hydroxyl groups excluding tert-OH is 2. The van der Waals surface area contributed by atoms with E-state index in [0.717, 1.165) is 43.3 Å². The monoisotopic (exact) mass is 344 g/mol. The number of nitrogens with one attached hydrogen (secondary N) is 1. The predicted octanol–water partition coefficient (Wildman–Crippen LogP) is 0.925. The van der Waals surface area contributed by atoms with Crippen molar-refractivity contribution in [3.05, 3.63) is 6.33 Å². The molecule has 8 nitrogen and oxygen atoms in total. The van der Waals surface area contributed by atoms with E-state index in [2.05, 4.69) is 24.8 Å². The molecule has 2 heterocycles. The number of nitrogens with zero attached hydrogens (tertiary/aromatic N) is 4. The third-order valence-corrected chi connectivity index (χ3v) is 6.51. The summed E-state index contributed by atoms with van der Waals surface area (Å²) in [6.07, 6.45) is 7.11. The molecule has 0 amide bonds. The zero-order valence-electron chi connectivity index (χ0n) is 14.1. The first kappa shape index (κ1) is 15.3. The summed E-state index contributed by atoms with van der Waals surface area (Å²) in [6, 6.07) is 0.661. The average molecular weight is 344 g/mol. The molecule has 3 fully saturated rings. The Kier molecular flexibility index (Phi) is 3.24. The SMILES string of the molecule is Nc1nc(NC2CC2)c2ncn([C@@H]3[C@H]4CC[C@@H]3C(CO)(CO)C4)c2n1. The molecule has 2 aromatic heterocycles. The first-order valence-electron chi connectivity index (χ1n) is 9.13. The second-order valence-electron chi connectivity index (χ2n) is 7.99. The van der Waals surface area contributed by atoms with Crippen molar-refractivity contribution in [1.29, 1.82) is 0 Å². The topological polar surface area (TPSA) is 122 Å². The zero-order valence-corrected chi connectivity index (χ0v) is 14.1. The molecule has 8 heteroatoms. The van der Waals surface area contributed by atoms with Crippen LogP contribution in [0, 0.1) is 17.3 Å². The molecule has 0 unspecified atom stereocenters. The largest absolute Gasteiger partial charge is 0.396 e. The molecule has 5 rings (SSSR count). The van der Waals surface area contributed by atoms with Crippen LogP contribution in [-0.4, -0.2) is 49.0 Å². The van der Waals surface area contributed by atoms with Crippen molar-refractivity contribution in [1.82, 2.24) is 19.5 Å². The van der Waals surface area contributed by atoms with E-state index in [0.29, 0.717) is 17.8 Å². The molecule has 3 aliphatic rings. The molecule has 2 aromatic rings. The molecule has 2 bridgehead atoms. The van der Waals surface area contributed by atoms with Crippen LogP contribution in [0.15, 0.2) is 6.33 Å². The second-order valence-corrected chi connectivity index (χ2v) is 7.99. The minimum absolute atomic E-state index is 0.0272. The highest BCUT2D eigenvalue weighted by Crippen LogP contribution is 2.61. The van der Waals surface area contributed by atoms with E-state index < -0.39 is 5.41 Å².